The summed E-state index contributed by atoms with van der Waals surface area (Å²) in [7, 11) is 0. The largest absolute Gasteiger partial charge is 0.457 e. The molecule has 1 aliphatic heterocycles. The quantitative estimate of drug-likeness (QED) is 0.261. The van der Waals surface area contributed by atoms with Crippen LogP contribution >= 0.6 is 55.8 Å². The van der Waals surface area contributed by atoms with E-state index < -0.39 is 0 Å². The zero-order valence-corrected chi connectivity index (χ0v) is 20.0. The van der Waals surface area contributed by atoms with Crippen LogP contribution in [0.2, 0.25) is 0 Å². The summed E-state index contributed by atoms with van der Waals surface area (Å²) in [5.41, 5.74) is 0.739. The molecule has 0 bridgehead atoms. The summed E-state index contributed by atoms with van der Waals surface area (Å²) < 4.78 is 14.4. The van der Waals surface area contributed by atoms with Gasteiger partial charge in [-0.1, -0.05) is 55.8 Å². The molecule has 1 heterocycles. The van der Waals surface area contributed by atoms with E-state index in [1.54, 1.807) is 12.1 Å². The molecule has 0 spiro atoms. The highest BCUT2D eigenvalue weighted by atomic mass is 79.9. The van der Waals surface area contributed by atoms with E-state index in [9.17, 15) is 4.79 Å². The molecule has 0 unspecified atom stereocenters. The number of thioether (sulfide) groups is 1. The molecule has 1 saturated heterocycles. The monoisotopic (exact) mass is 561 g/mol. The molecule has 4 rings (SSSR count). The van der Waals surface area contributed by atoms with Gasteiger partial charge in [-0.15, -0.1) is 0 Å². The SMILES string of the molecule is O=C1NC(=S)SC1=Cc1ccc(Oc2ccc(Br)cc2)cc1Oc1ccc(Br)cc1. The Morgan fingerprint density at radius 1 is 0.833 bits per heavy atom. The van der Waals surface area contributed by atoms with Crippen molar-refractivity contribution in [3.05, 3.63) is 86.1 Å². The van der Waals surface area contributed by atoms with Crippen molar-refractivity contribution in [2.24, 2.45) is 0 Å². The third kappa shape index (κ3) is 5.31. The predicted octanol–water partition coefficient (Wildman–Crippen LogP) is 7.29. The fourth-order valence-corrected chi connectivity index (χ4v) is 4.18. The lowest BCUT2D eigenvalue weighted by atomic mass is 10.1. The Balaban J connectivity index is 1.68. The Kier molecular flexibility index (Phi) is 6.58. The third-order valence-electron chi connectivity index (χ3n) is 4.00. The van der Waals surface area contributed by atoms with Crippen molar-refractivity contribution in [1.29, 1.82) is 0 Å². The van der Waals surface area contributed by atoms with E-state index in [2.05, 4.69) is 37.2 Å². The van der Waals surface area contributed by atoms with Gasteiger partial charge in [0.2, 0.25) is 0 Å². The van der Waals surface area contributed by atoms with E-state index in [0.29, 0.717) is 32.2 Å². The zero-order valence-electron chi connectivity index (χ0n) is 15.2. The molecule has 3 aromatic rings. The van der Waals surface area contributed by atoms with Gasteiger partial charge < -0.3 is 14.8 Å². The first-order chi connectivity index (χ1) is 14.5. The van der Waals surface area contributed by atoms with E-state index >= 15 is 0 Å². The van der Waals surface area contributed by atoms with E-state index in [1.807, 2.05) is 60.7 Å². The van der Waals surface area contributed by atoms with Gasteiger partial charge in [-0.3, -0.25) is 4.79 Å². The highest BCUT2D eigenvalue weighted by Gasteiger charge is 2.22. The van der Waals surface area contributed by atoms with Crippen molar-refractivity contribution < 1.29 is 14.3 Å². The van der Waals surface area contributed by atoms with Crippen LogP contribution < -0.4 is 14.8 Å². The molecular weight excluding hydrogens is 550 g/mol. The van der Waals surface area contributed by atoms with E-state index in [0.717, 1.165) is 14.5 Å². The standard InChI is InChI=1S/C22H13Br2NO3S2/c23-14-2-7-16(8-3-14)27-18-6-1-13(11-20-21(26)25-22(29)30-20)19(12-18)28-17-9-4-15(24)5-10-17/h1-12H,(H,25,26,29). The van der Waals surface area contributed by atoms with Crippen LogP contribution in [0, 0.1) is 0 Å². The molecule has 1 N–H and O–H groups in total. The Bertz CT molecular complexity index is 1150. The van der Waals surface area contributed by atoms with Gasteiger partial charge >= 0.3 is 0 Å². The normalized spacial score (nSPS) is 14.7. The summed E-state index contributed by atoms with van der Waals surface area (Å²) in [5, 5.41) is 2.62. The molecule has 30 heavy (non-hydrogen) atoms. The molecule has 4 nitrogen and oxygen atoms in total. The van der Waals surface area contributed by atoms with E-state index in [4.69, 9.17) is 21.7 Å². The molecule has 1 aliphatic rings. The Labute approximate surface area is 199 Å². The van der Waals surface area contributed by atoms with Crippen LogP contribution in [0.1, 0.15) is 5.56 Å². The Morgan fingerprint density at radius 2 is 1.40 bits per heavy atom. The number of amides is 1. The van der Waals surface area contributed by atoms with E-state index in [-0.39, 0.29) is 5.91 Å². The van der Waals surface area contributed by atoms with Crippen LogP contribution in [0.4, 0.5) is 0 Å². The first-order valence-electron chi connectivity index (χ1n) is 8.72. The number of hydrogen-bond donors (Lipinski definition) is 1. The number of carbonyl (C=O) groups excluding carboxylic acids is 1. The minimum atomic E-state index is -0.213. The minimum Gasteiger partial charge on any atom is -0.457 e. The van der Waals surface area contributed by atoms with Crippen LogP contribution in [-0.2, 0) is 4.79 Å². The van der Waals surface area contributed by atoms with Crippen LogP contribution in [0.5, 0.6) is 23.0 Å². The second-order valence-corrected chi connectivity index (χ2v) is 9.71. The smallest absolute Gasteiger partial charge is 0.263 e. The van der Waals surface area contributed by atoms with Crippen molar-refractivity contribution in [2.75, 3.05) is 0 Å². The van der Waals surface area contributed by atoms with Crippen molar-refractivity contribution in [3.63, 3.8) is 0 Å². The average molecular weight is 563 g/mol. The molecule has 0 radical (unpaired) electrons. The average Bonchev–Trinajstić information content (AvgIpc) is 3.04. The Morgan fingerprint density at radius 3 is 1.97 bits per heavy atom. The molecule has 1 fully saturated rings. The minimum absolute atomic E-state index is 0.213. The number of thiocarbonyl (C=S) groups is 1. The lowest BCUT2D eigenvalue weighted by molar-refractivity contribution is -0.115. The summed E-state index contributed by atoms with van der Waals surface area (Å²) in [6.45, 7) is 0. The zero-order chi connectivity index (χ0) is 21.1. The van der Waals surface area contributed by atoms with Crippen LogP contribution in [0.25, 0.3) is 6.08 Å². The van der Waals surface area contributed by atoms with Gasteiger partial charge in [0.05, 0.1) is 4.91 Å². The molecule has 150 valence electrons. The summed E-state index contributed by atoms with van der Waals surface area (Å²) in [4.78, 5) is 12.6. The molecule has 3 aromatic carbocycles. The summed E-state index contributed by atoms with van der Waals surface area (Å²) in [5.74, 6) is 2.33. The highest BCUT2D eigenvalue weighted by molar-refractivity contribution is 9.10. The molecule has 0 saturated carbocycles. The number of ether oxygens (including phenoxy) is 2. The van der Waals surface area contributed by atoms with Crippen molar-refractivity contribution in [3.8, 4) is 23.0 Å². The highest BCUT2D eigenvalue weighted by Crippen LogP contribution is 2.35. The predicted molar refractivity (Wildman–Crippen MR) is 131 cm³/mol. The maximum atomic E-state index is 12.1. The topological polar surface area (TPSA) is 47.6 Å². The maximum absolute atomic E-state index is 12.1. The van der Waals surface area contributed by atoms with Gasteiger partial charge in [-0.05, 0) is 66.7 Å². The summed E-state index contributed by atoms with van der Waals surface area (Å²) >= 11 is 13.1. The fourth-order valence-electron chi connectivity index (χ4n) is 2.62. The van der Waals surface area contributed by atoms with E-state index in [1.165, 1.54) is 11.8 Å². The molecule has 1 amide bonds. The fraction of sp³-hybridized carbons (Fsp3) is 0. The third-order valence-corrected chi connectivity index (χ3v) is 6.22. The molecular formula is C22H13Br2NO3S2. The van der Waals surface area contributed by atoms with Crippen molar-refractivity contribution in [1.82, 2.24) is 5.32 Å². The number of carbonyl (C=O) groups is 1. The molecule has 8 heteroatoms. The number of nitrogens with one attached hydrogen (secondary N) is 1. The van der Waals surface area contributed by atoms with Gasteiger partial charge in [0.15, 0.2) is 0 Å². The Hall–Kier alpha value is -2.13. The lowest BCUT2D eigenvalue weighted by Crippen LogP contribution is -2.17. The summed E-state index contributed by atoms with van der Waals surface area (Å²) in [6, 6.07) is 20.5. The number of rotatable bonds is 5. The van der Waals surface area contributed by atoms with Crippen LogP contribution in [0.15, 0.2) is 80.6 Å². The van der Waals surface area contributed by atoms with Gasteiger partial charge in [-0.25, -0.2) is 0 Å². The van der Waals surface area contributed by atoms with Crippen molar-refractivity contribution in [2.45, 2.75) is 0 Å². The second-order valence-electron chi connectivity index (χ2n) is 6.16. The molecule has 0 atom stereocenters. The van der Waals surface area contributed by atoms with Crippen LogP contribution in [-0.4, -0.2) is 10.2 Å². The lowest BCUT2D eigenvalue weighted by Gasteiger charge is -2.12. The van der Waals surface area contributed by atoms with Crippen LogP contribution in [0.3, 0.4) is 0 Å². The number of hydrogen-bond acceptors (Lipinski definition) is 5. The van der Waals surface area contributed by atoms with Gasteiger partial charge in [0.25, 0.3) is 5.91 Å². The maximum Gasteiger partial charge on any atom is 0.263 e. The second kappa shape index (κ2) is 9.34. The summed E-state index contributed by atoms with van der Waals surface area (Å²) in [6.07, 6.45) is 1.76. The first kappa shape index (κ1) is 21.1. The van der Waals surface area contributed by atoms with Crippen molar-refractivity contribution >= 4 is 72.1 Å². The van der Waals surface area contributed by atoms with Gasteiger partial charge in [0, 0.05) is 20.6 Å². The van der Waals surface area contributed by atoms with Gasteiger partial charge in [-0.2, -0.15) is 0 Å². The molecule has 0 aliphatic carbocycles. The number of benzene rings is 3. The first-order valence-corrected chi connectivity index (χ1v) is 11.5. The van der Waals surface area contributed by atoms with Gasteiger partial charge in [0.1, 0.15) is 27.3 Å². The number of halogens is 2. The molecule has 0 aromatic heterocycles.